The maximum atomic E-state index is 2.47. The van der Waals surface area contributed by atoms with E-state index in [0.29, 0.717) is 6.04 Å². The lowest BCUT2D eigenvalue weighted by molar-refractivity contribution is 0.267. The van der Waals surface area contributed by atoms with Crippen molar-refractivity contribution in [2.24, 2.45) is 0 Å². The van der Waals surface area contributed by atoms with Crippen LogP contribution < -0.4 is 0 Å². The van der Waals surface area contributed by atoms with Crippen LogP contribution in [0.3, 0.4) is 0 Å². The number of hydrogen-bond donors (Lipinski definition) is 0. The molecule has 0 amide bonds. The van der Waals surface area contributed by atoms with Gasteiger partial charge in [-0.15, -0.1) is 0 Å². The Hall–Kier alpha value is -0.0400. The first-order valence-electron chi connectivity index (χ1n) is 16.9. The Labute approximate surface area is 225 Å². The zero-order valence-corrected chi connectivity index (χ0v) is 25.5. The molecule has 0 aromatic carbocycles. The second kappa shape index (κ2) is 30.2. The topological polar surface area (TPSA) is 3.24 Å². The van der Waals surface area contributed by atoms with Crippen molar-refractivity contribution in [1.82, 2.24) is 4.90 Å². The van der Waals surface area contributed by atoms with E-state index >= 15 is 0 Å². The van der Waals surface area contributed by atoms with Crippen LogP contribution in [0.5, 0.6) is 0 Å². The Morgan fingerprint density at radius 1 is 0.343 bits per heavy atom. The third-order valence-electron chi connectivity index (χ3n) is 8.25. The molecule has 0 N–H and O–H groups in total. The van der Waals surface area contributed by atoms with Gasteiger partial charge in [0.2, 0.25) is 0 Å². The molecule has 0 unspecified atom stereocenters. The SMILES string of the molecule is CCCCCCCCCCCCCCCCCCCCCCCCCCCCCCN(C)C(C)C. The molecule has 0 atom stereocenters. The summed E-state index contributed by atoms with van der Waals surface area (Å²) in [6.07, 6.45) is 41.2. The number of hydrogen-bond acceptors (Lipinski definition) is 1. The fourth-order valence-electron chi connectivity index (χ4n) is 5.29. The van der Waals surface area contributed by atoms with Crippen LogP contribution >= 0.6 is 0 Å². The number of unbranched alkanes of at least 4 members (excludes halogenated alkanes) is 27. The lowest BCUT2D eigenvalue weighted by Gasteiger charge is -2.20. The summed E-state index contributed by atoms with van der Waals surface area (Å²) in [6, 6.07) is 0.698. The normalized spacial score (nSPS) is 11.8. The molecule has 0 bridgehead atoms. The minimum Gasteiger partial charge on any atom is -0.304 e. The van der Waals surface area contributed by atoms with E-state index in [1.165, 1.54) is 186 Å². The molecule has 0 aliphatic carbocycles. The van der Waals surface area contributed by atoms with Crippen LogP contribution in [-0.2, 0) is 0 Å². The first-order valence-corrected chi connectivity index (χ1v) is 16.9. The molecule has 0 spiro atoms. The molecular formula is C34H71N. The standard InChI is InChI=1S/C34H71N/c1-5-6-7-8-9-10-11-12-13-14-15-16-17-18-19-20-21-22-23-24-25-26-27-28-29-30-31-32-33-35(4)34(2)3/h34H,5-33H2,1-4H3. The largest absolute Gasteiger partial charge is 0.304 e. The van der Waals surface area contributed by atoms with E-state index in [0.717, 1.165) is 0 Å². The smallest absolute Gasteiger partial charge is 0.00355 e. The fourth-order valence-corrected chi connectivity index (χ4v) is 5.29. The first-order chi connectivity index (χ1) is 17.2. The van der Waals surface area contributed by atoms with Crippen molar-refractivity contribution in [1.29, 1.82) is 0 Å². The van der Waals surface area contributed by atoms with E-state index in [-0.39, 0.29) is 0 Å². The van der Waals surface area contributed by atoms with Gasteiger partial charge in [-0.3, -0.25) is 0 Å². The molecule has 0 fully saturated rings. The Kier molecular flexibility index (Phi) is 30.2. The Balaban J connectivity index is 3.04. The summed E-state index contributed by atoms with van der Waals surface area (Å²) in [5.74, 6) is 0. The molecular weight excluding hydrogens is 422 g/mol. The quantitative estimate of drug-likeness (QED) is 0.0899. The minimum absolute atomic E-state index is 0.698. The molecule has 35 heavy (non-hydrogen) atoms. The average Bonchev–Trinajstić information content (AvgIpc) is 2.85. The fraction of sp³-hybridized carbons (Fsp3) is 1.00. The highest BCUT2D eigenvalue weighted by Crippen LogP contribution is 2.16. The van der Waals surface area contributed by atoms with E-state index in [4.69, 9.17) is 0 Å². The second-order valence-corrected chi connectivity index (χ2v) is 12.1. The van der Waals surface area contributed by atoms with E-state index in [1.54, 1.807) is 0 Å². The average molecular weight is 494 g/mol. The Bertz CT molecular complexity index is 364. The summed E-state index contributed by atoms with van der Waals surface area (Å²) in [5.41, 5.74) is 0. The molecule has 0 aromatic rings. The van der Waals surface area contributed by atoms with Crippen molar-refractivity contribution >= 4 is 0 Å². The van der Waals surface area contributed by atoms with Gasteiger partial charge in [0, 0.05) is 6.04 Å². The van der Waals surface area contributed by atoms with Crippen LogP contribution in [0.15, 0.2) is 0 Å². The van der Waals surface area contributed by atoms with Crippen molar-refractivity contribution in [2.45, 2.75) is 207 Å². The molecule has 0 heterocycles. The van der Waals surface area contributed by atoms with Crippen molar-refractivity contribution in [3.63, 3.8) is 0 Å². The van der Waals surface area contributed by atoms with Crippen LogP contribution in [0.1, 0.15) is 201 Å². The monoisotopic (exact) mass is 494 g/mol. The van der Waals surface area contributed by atoms with Gasteiger partial charge in [-0.1, -0.05) is 180 Å². The van der Waals surface area contributed by atoms with Crippen molar-refractivity contribution in [2.75, 3.05) is 13.6 Å². The highest BCUT2D eigenvalue weighted by molar-refractivity contribution is 4.57. The number of rotatable bonds is 30. The first kappa shape index (κ1) is 35.0. The molecule has 0 rings (SSSR count). The maximum Gasteiger partial charge on any atom is 0.00355 e. The number of nitrogens with zero attached hydrogens (tertiary/aromatic N) is 1. The van der Waals surface area contributed by atoms with E-state index in [9.17, 15) is 0 Å². The van der Waals surface area contributed by atoms with Crippen molar-refractivity contribution in [3.8, 4) is 0 Å². The Morgan fingerprint density at radius 2 is 0.543 bits per heavy atom. The summed E-state index contributed by atoms with van der Waals surface area (Å²) in [5, 5.41) is 0. The van der Waals surface area contributed by atoms with Crippen LogP contribution in [-0.4, -0.2) is 24.5 Å². The molecule has 0 aromatic heterocycles. The van der Waals surface area contributed by atoms with Gasteiger partial charge in [0.1, 0.15) is 0 Å². The third kappa shape index (κ3) is 30.1. The predicted molar refractivity (Wildman–Crippen MR) is 163 cm³/mol. The zero-order chi connectivity index (χ0) is 25.7. The van der Waals surface area contributed by atoms with Gasteiger partial charge in [0.15, 0.2) is 0 Å². The summed E-state index contributed by atoms with van der Waals surface area (Å²) in [6.45, 7) is 8.17. The van der Waals surface area contributed by atoms with Gasteiger partial charge in [-0.25, -0.2) is 0 Å². The molecule has 0 radical (unpaired) electrons. The van der Waals surface area contributed by atoms with Crippen LogP contribution in [0.4, 0.5) is 0 Å². The summed E-state index contributed by atoms with van der Waals surface area (Å²) in [7, 11) is 2.26. The second-order valence-electron chi connectivity index (χ2n) is 12.1. The summed E-state index contributed by atoms with van der Waals surface area (Å²) >= 11 is 0. The van der Waals surface area contributed by atoms with Gasteiger partial charge in [-0.2, -0.15) is 0 Å². The zero-order valence-electron chi connectivity index (χ0n) is 25.5. The summed E-state index contributed by atoms with van der Waals surface area (Å²) in [4.78, 5) is 2.47. The Morgan fingerprint density at radius 3 is 0.743 bits per heavy atom. The third-order valence-corrected chi connectivity index (χ3v) is 8.25. The van der Waals surface area contributed by atoms with Gasteiger partial charge >= 0.3 is 0 Å². The van der Waals surface area contributed by atoms with E-state index < -0.39 is 0 Å². The molecule has 0 saturated carbocycles. The van der Waals surface area contributed by atoms with Gasteiger partial charge in [0.25, 0.3) is 0 Å². The predicted octanol–water partition coefficient (Wildman–Crippen LogP) is 12.3. The molecule has 0 saturated heterocycles. The lowest BCUT2D eigenvalue weighted by atomic mass is 10.0. The van der Waals surface area contributed by atoms with Crippen molar-refractivity contribution < 1.29 is 0 Å². The van der Waals surface area contributed by atoms with Crippen molar-refractivity contribution in [3.05, 3.63) is 0 Å². The summed E-state index contributed by atoms with van der Waals surface area (Å²) < 4.78 is 0. The highest BCUT2D eigenvalue weighted by atomic mass is 15.1. The van der Waals surface area contributed by atoms with Gasteiger partial charge < -0.3 is 4.90 Å². The van der Waals surface area contributed by atoms with E-state index in [2.05, 4.69) is 32.7 Å². The molecule has 1 nitrogen and oxygen atoms in total. The highest BCUT2D eigenvalue weighted by Gasteiger charge is 2.01. The minimum atomic E-state index is 0.698. The molecule has 0 aliphatic heterocycles. The van der Waals surface area contributed by atoms with Crippen LogP contribution in [0.2, 0.25) is 0 Å². The van der Waals surface area contributed by atoms with Gasteiger partial charge in [-0.05, 0) is 33.9 Å². The van der Waals surface area contributed by atoms with Gasteiger partial charge in [0.05, 0.1) is 0 Å². The van der Waals surface area contributed by atoms with E-state index in [1.807, 2.05) is 0 Å². The molecule has 212 valence electrons. The molecule has 0 aliphatic rings. The maximum absolute atomic E-state index is 2.47. The molecule has 1 heteroatoms. The van der Waals surface area contributed by atoms with Crippen LogP contribution in [0.25, 0.3) is 0 Å². The lowest BCUT2D eigenvalue weighted by Crippen LogP contribution is -2.27. The van der Waals surface area contributed by atoms with Crippen LogP contribution in [0, 0.1) is 0 Å².